The lowest BCUT2D eigenvalue weighted by molar-refractivity contribution is -0.117. The lowest BCUT2D eigenvalue weighted by atomic mass is 10.1. The fourth-order valence-corrected chi connectivity index (χ4v) is 1.39. The van der Waals surface area contributed by atoms with Gasteiger partial charge in [-0.3, -0.25) is 4.79 Å². The van der Waals surface area contributed by atoms with Crippen molar-refractivity contribution in [2.45, 2.75) is 53.1 Å². The van der Waals surface area contributed by atoms with Crippen molar-refractivity contribution in [3.63, 3.8) is 0 Å². The molecule has 0 saturated carbocycles. The molecule has 0 spiro atoms. The minimum absolute atomic E-state index is 0.0314. The smallest absolute Gasteiger partial charge is 0.263 e. The second-order valence-corrected chi connectivity index (χ2v) is 5.24. The lowest BCUT2D eigenvalue weighted by Crippen LogP contribution is -2.38. The molecule has 0 bridgehead atoms. The van der Waals surface area contributed by atoms with Crippen molar-refractivity contribution < 1.29 is 4.79 Å². The quantitative estimate of drug-likeness (QED) is 0.601. The summed E-state index contributed by atoms with van der Waals surface area (Å²) in [6.45, 7) is 12.6. The molecular formula is C13H23N3O. The van der Waals surface area contributed by atoms with E-state index in [4.69, 9.17) is 5.26 Å². The molecule has 0 aliphatic carbocycles. The van der Waals surface area contributed by atoms with Gasteiger partial charge in [-0.2, -0.15) is 5.26 Å². The molecule has 17 heavy (non-hydrogen) atoms. The molecule has 1 amide bonds. The molecule has 0 rings (SSSR count). The summed E-state index contributed by atoms with van der Waals surface area (Å²) in [5, 5.41) is 11.7. The van der Waals surface area contributed by atoms with E-state index >= 15 is 0 Å². The minimum atomic E-state index is -0.315. The minimum Gasteiger partial charge on any atom is -0.372 e. The van der Waals surface area contributed by atoms with E-state index in [2.05, 4.69) is 5.32 Å². The van der Waals surface area contributed by atoms with E-state index in [1.165, 1.54) is 0 Å². The average molecular weight is 237 g/mol. The van der Waals surface area contributed by atoms with Gasteiger partial charge in [0.1, 0.15) is 11.6 Å². The van der Waals surface area contributed by atoms with Crippen molar-refractivity contribution in [1.82, 2.24) is 10.2 Å². The number of carbonyl (C=O) groups is 1. The number of hydrogen-bond acceptors (Lipinski definition) is 3. The zero-order valence-electron chi connectivity index (χ0n) is 11.7. The van der Waals surface area contributed by atoms with Crippen molar-refractivity contribution in [3.8, 4) is 6.07 Å². The van der Waals surface area contributed by atoms with Crippen LogP contribution >= 0.6 is 0 Å². The number of nitrogens with one attached hydrogen (secondary N) is 1. The number of rotatable bonds is 4. The molecule has 4 heteroatoms. The van der Waals surface area contributed by atoms with Crippen LogP contribution in [0, 0.1) is 11.3 Å². The van der Waals surface area contributed by atoms with Gasteiger partial charge < -0.3 is 10.2 Å². The fraction of sp³-hybridized carbons (Fsp3) is 0.692. The first-order valence-corrected chi connectivity index (χ1v) is 5.91. The molecule has 0 aromatic rings. The summed E-state index contributed by atoms with van der Waals surface area (Å²) in [5.74, 6) is -0.315. The maximum Gasteiger partial charge on any atom is 0.263 e. The van der Waals surface area contributed by atoms with Gasteiger partial charge in [0, 0.05) is 24.3 Å². The zero-order chi connectivity index (χ0) is 13.6. The number of carbonyl (C=O) groups excluding carboxylic acids is 1. The van der Waals surface area contributed by atoms with Crippen molar-refractivity contribution in [1.29, 1.82) is 5.26 Å². The SMILES string of the molecule is CCN(/C=C(/C#N)C(=O)NC(C)C)C(C)(C)C. The Morgan fingerprint density at radius 1 is 1.47 bits per heavy atom. The summed E-state index contributed by atoms with van der Waals surface area (Å²) in [6.07, 6.45) is 1.64. The summed E-state index contributed by atoms with van der Waals surface area (Å²) >= 11 is 0. The highest BCUT2D eigenvalue weighted by molar-refractivity contribution is 5.97. The van der Waals surface area contributed by atoms with Crippen molar-refractivity contribution >= 4 is 5.91 Å². The summed E-state index contributed by atoms with van der Waals surface area (Å²) < 4.78 is 0. The molecular weight excluding hydrogens is 214 g/mol. The topological polar surface area (TPSA) is 56.1 Å². The van der Waals surface area contributed by atoms with E-state index in [-0.39, 0.29) is 23.1 Å². The molecule has 1 N–H and O–H groups in total. The van der Waals surface area contributed by atoms with Gasteiger partial charge in [0.25, 0.3) is 5.91 Å². The molecule has 0 heterocycles. The summed E-state index contributed by atoms with van der Waals surface area (Å²) in [5.41, 5.74) is 0.0464. The van der Waals surface area contributed by atoms with Gasteiger partial charge in [-0.05, 0) is 41.5 Å². The third kappa shape index (κ3) is 5.39. The first-order chi connectivity index (χ1) is 7.72. The molecule has 0 aromatic carbocycles. The number of nitrogens with zero attached hydrogens (tertiary/aromatic N) is 2. The van der Waals surface area contributed by atoms with Gasteiger partial charge in [-0.1, -0.05) is 0 Å². The predicted molar refractivity (Wildman–Crippen MR) is 69.1 cm³/mol. The van der Waals surface area contributed by atoms with E-state index in [0.29, 0.717) is 0 Å². The molecule has 0 atom stereocenters. The number of nitriles is 1. The van der Waals surface area contributed by atoms with E-state index in [9.17, 15) is 4.79 Å². The van der Waals surface area contributed by atoms with Gasteiger partial charge in [0.15, 0.2) is 0 Å². The van der Waals surface area contributed by atoms with Crippen LogP contribution in [0.3, 0.4) is 0 Å². The largest absolute Gasteiger partial charge is 0.372 e. The highest BCUT2D eigenvalue weighted by Crippen LogP contribution is 2.14. The Labute approximate surface area is 104 Å². The van der Waals surface area contributed by atoms with E-state index in [1.54, 1.807) is 6.20 Å². The van der Waals surface area contributed by atoms with Gasteiger partial charge >= 0.3 is 0 Å². The van der Waals surface area contributed by atoms with Crippen molar-refractivity contribution in [3.05, 3.63) is 11.8 Å². The Bertz CT molecular complexity index is 332. The Hall–Kier alpha value is -1.50. The van der Waals surface area contributed by atoms with Crippen LogP contribution in [0.4, 0.5) is 0 Å². The van der Waals surface area contributed by atoms with Crippen LogP contribution in [0.15, 0.2) is 11.8 Å². The molecule has 0 radical (unpaired) electrons. The summed E-state index contributed by atoms with van der Waals surface area (Å²) in [7, 11) is 0. The first-order valence-electron chi connectivity index (χ1n) is 5.91. The molecule has 96 valence electrons. The Balaban J connectivity index is 4.99. The van der Waals surface area contributed by atoms with Gasteiger partial charge in [-0.25, -0.2) is 0 Å². The van der Waals surface area contributed by atoms with Crippen LogP contribution in [0.25, 0.3) is 0 Å². The number of hydrogen-bond donors (Lipinski definition) is 1. The van der Waals surface area contributed by atoms with Crippen LogP contribution in [0.2, 0.25) is 0 Å². The Morgan fingerprint density at radius 2 is 2.00 bits per heavy atom. The standard InChI is InChI=1S/C13H23N3O/c1-7-16(13(4,5)6)9-11(8-14)12(17)15-10(2)3/h9-10H,7H2,1-6H3,(H,15,17)/b11-9-. The van der Waals surface area contributed by atoms with Gasteiger partial charge in [-0.15, -0.1) is 0 Å². The van der Waals surface area contributed by atoms with Crippen LogP contribution in [-0.2, 0) is 4.79 Å². The maximum absolute atomic E-state index is 11.7. The van der Waals surface area contributed by atoms with Crippen molar-refractivity contribution in [2.24, 2.45) is 0 Å². The van der Waals surface area contributed by atoms with Gasteiger partial charge in [0.2, 0.25) is 0 Å². The third-order valence-corrected chi connectivity index (χ3v) is 2.27. The van der Waals surface area contributed by atoms with Crippen molar-refractivity contribution in [2.75, 3.05) is 6.54 Å². The molecule has 0 aliphatic heterocycles. The molecule has 0 fully saturated rings. The first kappa shape index (κ1) is 15.5. The molecule has 0 aromatic heterocycles. The third-order valence-electron chi connectivity index (χ3n) is 2.27. The highest BCUT2D eigenvalue weighted by Gasteiger charge is 2.19. The summed E-state index contributed by atoms with van der Waals surface area (Å²) in [6, 6.07) is 1.98. The van der Waals surface area contributed by atoms with E-state index in [1.807, 2.05) is 52.5 Å². The van der Waals surface area contributed by atoms with Gasteiger partial charge in [0.05, 0.1) is 0 Å². The van der Waals surface area contributed by atoms with Crippen LogP contribution in [-0.4, -0.2) is 28.9 Å². The highest BCUT2D eigenvalue weighted by atomic mass is 16.1. The molecule has 0 aliphatic rings. The lowest BCUT2D eigenvalue weighted by Gasteiger charge is -2.34. The van der Waals surface area contributed by atoms with Crippen LogP contribution < -0.4 is 5.32 Å². The Kier molecular flexibility index (Phi) is 5.73. The second kappa shape index (κ2) is 6.29. The maximum atomic E-state index is 11.7. The zero-order valence-corrected chi connectivity index (χ0v) is 11.7. The molecule has 4 nitrogen and oxygen atoms in total. The molecule has 0 unspecified atom stereocenters. The Morgan fingerprint density at radius 3 is 2.29 bits per heavy atom. The van der Waals surface area contributed by atoms with E-state index in [0.717, 1.165) is 6.54 Å². The normalized spacial score (nSPS) is 12.2. The molecule has 0 saturated heterocycles. The predicted octanol–water partition coefficient (Wildman–Crippen LogP) is 2.04. The second-order valence-electron chi connectivity index (χ2n) is 5.24. The number of amides is 1. The average Bonchev–Trinajstić information content (AvgIpc) is 2.15. The summed E-state index contributed by atoms with van der Waals surface area (Å²) in [4.78, 5) is 13.7. The fourth-order valence-electron chi connectivity index (χ4n) is 1.39. The monoisotopic (exact) mass is 237 g/mol. The van der Waals surface area contributed by atoms with Crippen LogP contribution in [0.5, 0.6) is 0 Å². The van der Waals surface area contributed by atoms with E-state index < -0.39 is 0 Å². The van der Waals surface area contributed by atoms with Crippen LogP contribution in [0.1, 0.15) is 41.5 Å².